The number of para-hydroxylation sites is 1. The lowest BCUT2D eigenvalue weighted by Gasteiger charge is -2.30. The van der Waals surface area contributed by atoms with Crippen molar-refractivity contribution in [3.63, 3.8) is 0 Å². The number of hydrogen-bond donors (Lipinski definition) is 3. The van der Waals surface area contributed by atoms with E-state index >= 15 is 0 Å². The highest BCUT2D eigenvalue weighted by Gasteiger charge is 2.61. The number of sulfonamides is 1. The number of fused-ring (bicyclic) bond motifs is 3. The number of nitrogens with zero attached hydrogens (tertiary/aromatic N) is 4. The third kappa shape index (κ3) is 10.6. The number of ketones is 1. The lowest BCUT2D eigenvalue weighted by atomic mass is 9.91. The Kier molecular flexibility index (Phi) is 13.9. The number of allylic oxidation sites excluding steroid dienone is 2. The molecule has 3 aliphatic carbocycles. The van der Waals surface area contributed by atoms with Crippen molar-refractivity contribution in [2.24, 2.45) is 11.3 Å². The van der Waals surface area contributed by atoms with Crippen LogP contribution in [0.1, 0.15) is 142 Å². The summed E-state index contributed by atoms with van der Waals surface area (Å²) in [6, 6.07) is 4.64. The zero-order chi connectivity index (χ0) is 44.6. The molecule has 0 spiro atoms. The molecule has 4 heterocycles. The Labute approximate surface area is 373 Å². The van der Waals surface area contributed by atoms with Crippen LogP contribution >= 0.6 is 22.9 Å². The summed E-state index contributed by atoms with van der Waals surface area (Å²) in [6.45, 7) is 9.34. The summed E-state index contributed by atoms with van der Waals surface area (Å²) in [4.78, 5) is 63.9. The molecule has 3 N–H and O–H groups in total. The first kappa shape index (κ1) is 46.1. The van der Waals surface area contributed by atoms with Crippen LogP contribution in [0.5, 0.6) is 0 Å². The summed E-state index contributed by atoms with van der Waals surface area (Å²) in [5.41, 5.74) is 2.43. The van der Waals surface area contributed by atoms with Crippen molar-refractivity contribution < 1.29 is 37.4 Å². The first-order valence-corrected chi connectivity index (χ1v) is 25.0. The van der Waals surface area contributed by atoms with Crippen LogP contribution in [0.2, 0.25) is 5.28 Å². The van der Waals surface area contributed by atoms with E-state index in [2.05, 4.69) is 57.0 Å². The summed E-state index contributed by atoms with van der Waals surface area (Å²) in [6.07, 6.45) is 11.9. The number of aliphatic hydroxyl groups is 1. The maximum atomic E-state index is 13.7. The topological polar surface area (TPSA) is 190 Å². The molecule has 4 fully saturated rings. The Morgan fingerprint density at radius 3 is 2.45 bits per heavy atom. The van der Waals surface area contributed by atoms with Gasteiger partial charge in [-0.05, 0) is 116 Å². The van der Waals surface area contributed by atoms with E-state index in [-0.39, 0.29) is 31.3 Å². The highest BCUT2D eigenvalue weighted by Crippen LogP contribution is 2.57. The maximum Gasteiger partial charge on any atom is 0.408 e. The molecule has 0 radical (unpaired) electrons. The van der Waals surface area contributed by atoms with Crippen molar-refractivity contribution in [1.82, 2.24) is 29.5 Å². The zero-order valence-corrected chi connectivity index (χ0v) is 38.8. The molecule has 3 amide bonds. The predicted octanol–water partition coefficient (Wildman–Crippen LogP) is 7.99. The van der Waals surface area contributed by atoms with Crippen molar-refractivity contribution in [2.75, 3.05) is 6.54 Å². The van der Waals surface area contributed by atoms with Gasteiger partial charge >= 0.3 is 6.09 Å². The first-order valence-electron chi connectivity index (χ1n) is 22.2. The van der Waals surface area contributed by atoms with Gasteiger partial charge in [-0.2, -0.15) is 0 Å². The van der Waals surface area contributed by atoms with Crippen molar-refractivity contribution in [2.45, 2.75) is 166 Å². The number of aliphatic hydroxyl groups excluding tert-OH is 1. The van der Waals surface area contributed by atoms with Crippen LogP contribution in [0, 0.1) is 11.3 Å². The molecule has 5 aliphatic rings. The summed E-state index contributed by atoms with van der Waals surface area (Å²) < 4.78 is 34.6. The van der Waals surface area contributed by atoms with E-state index in [0.29, 0.717) is 43.3 Å². The monoisotopic (exact) mass is 912 g/mol. The molecule has 14 nitrogen and oxygen atoms in total. The van der Waals surface area contributed by atoms with Gasteiger partial charge in [0.1, 0.15) is 22.2 Å². The predicted molar refractivity (Wildman–Crippen MR) is 239 cm³/mol. The molecule has 1 aromatic carbocycles. The molecular formula is C45H61ClN6O8S2. The zero-order valence-electron chi connectivity index (χ0n) is 36.4. The normalized spacial score (nSPS) is 26.8. The number of benzene rings is 1. The van der Waals surface area contributed by atoms with E-state index in [4.69, 9.17) is 21.3 Å². The second kappa shape index (κ2) is 18.7. The number of alkyl carbamates (subject to hydrolysis) is 1. The molecule has 5 atom stereocenters. The molecule has 1 saturated heterocycles. The average Bonchev–Trinajstić information content (AvgIpc) is 3.84. The number of amides is 3. The summed E-state index contributed by atoms with van der Waals surface area (Å²) in [7, 11) is -3.79. The number of Topliss-reactive ketones (excluding diaryl/α,β-unsaturated/α-hetero) is 1. The van der Waals surface area contributed by atoms with E-state index in [1.807, 2.05) is 12.2 Å². The average molecular weight is 914 g/mol. The van der Waals surface area contributed by atoms with Gasteiger partial charge in [-0.3, -0.25) is 19.1 Å². The van der Waals surface area contributed by atoms with Crippen LogP contribution in [0.4, 0.5) is 4.79 Å². The van der Waals surface area contributed by atoms with Crippen molar-refractivity contribution in [3.8, 4) is 10.6 Å². The minimum Gasteiger partial charge on any atom is -0.444 e. The van der Waals surface area contributed by atoms with Gasteiger partial charge in [0.15, 0.2) is 5.78 Å². The number of thiazole rings is 1. The smallest absolute Gasteiger partial charge is 0.408 e. The van der Waals surface area contributed by atoms with Crippen LogP contribution in [0.3, 0.4) is 0 Å². The van der Waals surface area contributed by atoms with Gasteiger partial charge in [0, 0.05) is 42.3 Å². The van der Waals surface area contributed by atoms with Crippen LogP contribution in [-0.4, -0.2) is 92.2 Å². The van der Waals surface area contributed by atoms with Gasteiger partial charge in [-0.15, -0.1) is 11.3 Å². The third-order valence-electron chi connectivity index (χ3n) is 12.6. The second-order valence-corrected chi connectivity index (χ2v) is 22.2. The minimum atomic E-state index is -3.79. The van der Waals surface area contributed by atoms with Gasteiger partial charge < -0.3 is 24.6 Å². The van der Waals surface area contributed by atoms with Crippen molar-refractivity contribution >= 4 is 67.7 Å². The molecule has 0 bridgehead atoms. The fourth-order valence-corrected chi connectivity index (χ4v) is 11.8. The number of aromatic nitrogens is 3. The van der Waals surface area contributed by atoms with Crippen LogP contribution in [0.25, 0.3) is 21.6 Å². The summed E-state index contributed by atoms with van der Waals surface area (Å²) >= 11 is 8.09. The lowest BCUT2D eigenvalue weighted by molar-refractivity contribution is -0.140. The number of ether oxygens (including phenoxy) is 1. The fourth-order valence-electron chi connectivity index (χ4n) is 9.14. The van der Waals surface area contributed by atoms with E-state index in [0.717, 1.165) is 40.9 Å². The Balaban J connectivity index is 0.000000212. The van der Waals surface area contributed by atoms with Crippen LogP contribution in [0.15, 0.2) is 35.7 Å². The lowest BCUT2D eigenvalue weighted by Crippen LogP contribution is -2.53. The Hall–Kier alpha value is -3.86. The number of imidazole rings is 1. The summed E-state index contributed by atoms with van der Waals surface area (Å²) in [5, 5.41) is 16.3. The van der Waals surface area contributed by atoms with Gasteiger partial charge in [0.2, 0.25) is 27.1 Å². The van der Waals surface area contributed by atoms with E-state index in [1.165, 1.54) is 36.3 Å². The molecule has 3 saturated carbocycles. The van der Waals surface area contributed by atoms with E-state index < -0.39 is 68.2 Å². The first-order chi connectivity index (χ1) is 29.4. The Bertz CT molecular complexity index is 2290. The number of carbonyl (C=O) groups excluding carboxylic acids is 4. The highest BCUT2D eigenvalue weighted by atomic mass is 35.5. The molecule has 0 unspecified atom stereocenters. The Morgan fingerprint density at radius 2 is 1.76 bits per heavy atom. The SMILES string of the molecule is CC(C)(C)OC(=O)N[C@H]1CCCCC/C=C\[C@@H]2C[C@@]2(C(=O)NS(=O)(=O)C2CC2)CC(=O)[C@@H]2C[C@@H](O)CN2C1=O.CC(C)n1c(Cl)nc2c(-c3nc(C4CCCC4)cs3)cccc21. The fraction of sp³-hybridized carbons (Fsp3) is 0.644. The quantitative estimate of drug-likeness (QED) is 0.196. The number of rotatable bonds is 7. The molecule has 62 heavy (non-hydrogen) atoms. The number of nitrogens with one attached hydrogen (secondary N) is 2. The van der Waals surface area contributed by atoms with Gasteiger partial charge in [0.05, 0.1) is 34.0 Å². The number of carbonyl (C=O) groups is 4. The third-order valence-corrected chi connectivity index (χ3v) is 15.6. The largest absolute Gasteiger partial charge is 0.444 e. The maximum absolute atomic E-state index is 13.7. The van der Waals surface area contributed by atoms with Gasteiger partial charge in [-0.25, -0.2) is 23.2 Å². The molecule has 3 aromatic rings. The molecule has 8 rings (SSSR count). The van der Waals surface area contributed by atoms with Gasteiger partial charge in [-0.1, -0.05) is 43.9 Å². The molecule has 2 aromatic heterocycles. The number of halogens is 1. The highest BCUT2D eigenvalue weighted by molar-refractivity contribution is 7.90. The van der Waals surface area contributed by atoms with E-state index in [9.17, 15) is 32.7 Å². The van der Waals surface area contributed by atoms with Crippen molar-refractivity contribution in [3.05, 3.63) is 46.7 Å². The van der Waals surface area contributed by atoms with E-state index in [1.54, 1.807) is 32.1 Å². The number of hydrogen-bond acceptors (Lipinski definition) is 11. The van der Waals surface area contributed by atoms with Gasteiger partial charge in [0.25, 0.3) is 0 Å². The molecule has 338 valence electrons. The molecular weight excluding hydrogens is 852 g/mol. The summed E-state index contributed by atoms with van der Waals surface area (Å²) in [5.74, 6) is -1.19. The molecule has 2 aliphatic heterocycles. The van der Waals surface area contributed by atoms with Crippen LogP contribution in [-0.2, 0) is 29.1 Å². The standard InChI is InChI=1S/C27H41N3O8S.C18H20ClN3S/c1-26(2,3)38-25(35)28-20-10-8-6-4-5-7-9-17-14-27(17,24(34)29-39(36,37)19-11-12-19)15-22(32)21-13-18(31)16-30(21)23(20)33;1-11(2)22-15-9-5-8-13(16(15)21-18(22)19)17-20-14(10-23-17)12-6-3-4-7-12/h7,9,17-21,31H,4-6,8,10-16H2,1-3H3,(H,28,35)(H,29,34);5,8-12H,3-4,6-7H2,1-2H3/b9-7-;/t17-,18-,20+,21+,27-;/m1./s1. The second-order valence-electron chi connectivity index (χ2n) is 19.0. The minimum absolute atomic E-state index is 0.0162. The van der Waals surface area contributed by atoms with Crippen molar-refractivity contribution in [1.29, 1.82) is 0 Å². The molecule has 17 heteroatoms. The van der Waals surface area contributed by atoms with Crippen LogP contribution < -0.4 is 10.0 Å². The Morgan fingerprint density at radius 1 is 1.03 bits per heavy atom.